The summed E-state index contributed by atoms with van der Waals surface area (Å²) in [6.07, 6.45) is 0. The van der Waals surface area contributed by atoms with Crippen molar-refractivity contribution in [3.8, 4) is 10.6 Å². The molecule has 1 aromatic heterocycles. The fraction of sp³-hybridized carbons (Fsp3) is 0.0667. The summed E-state index contributed by atoms with van der Waals surface area (Å²) in [5.74, 6) is -0.256. The summed E-state index contributed by atoms with van der Waals surface area (Å²) in [7, 11) is 0. The van der Waals surface area contributed by atoms with Crippen molar-refractivity contribution in [3.63, 3.8) is 0 Å². The Hall–Kier alpha value is -2.27. The van der Waals surface area contributed by atoms with Crippen LogP contribution in [0.1, 0.15) is 5.56 Å². The van der Waals surface area contributed by atoms with Crippen LogP contribution in [0.5, 0.6) is 0 Å². The van der Waals surface area contributed by atoms with Gasteiger partial charge in [0.2, 0.25) is 5.13 Å². The highest BCUT2D eigenvalue weighted by Gasteiger charge is 2.06. The number of nitrogens with zero attached hydrogens (tertiary/aromatic N) is 2. The second kappa shape index (κ2) is 5.38. The molecule has 0 aliphatic carbocycles. The monoisotopic (exact) mass is 285 g/mol. The molecule has 100 valence electrons. The SMILES string of the molecule is Cc1ccc(-c2nnc(Nc3ccc(F)cc3)s2)cc1. The fourth-order valence-electron chi connectivity index (χ4n) is 1.74. The van der Waals surface area contributed by atoms with Crippen molar-refractivity contribution in [2.24, 2.45) is 0 Å². The van der Waals surface area contributed by atoms with Gasteiger partial charge in [0.05, 0.1) is 0 Å². The van der Waals surface area contributed by atoms with Gasteiger partial charge in [0.15, 0.2) is 0 Å². The van der Waals surface area contributed by atoms with Crippen LogP contribution in [-0.4, -0.2) is 10.2 Å². The van der Waals surface area contributed by atoms with E-state index in [0.717, 1.165) is 16.3 Å². The Balaban J connectivity index is 1.80. The van der Waals surface area contributed by atoms with Crippen molar-refractivity contribution in [2.75, 3.05) is 5.32 Å². The first kappa shape index (κ1) is 12.7. The molecule has 0 radical (unpaired) electrons. The Bertz CT molecular complexity index is 705. The van der Waals surface area contributed by atoms with E-state index in [1.54, 1.807) is 12.1 Å². The maximum atomic E-state index is 12.8. The van der Waals surface area contributed by atoms with E-state index in [2.05, 4.69) is 15.5 Å². The summed E-state index contributed by atoms with van der Waals surface area (Å²) in [6, 6.07) is 14.3. The van der Waals surface area contributed by atoms with Gasteiger partial charge in [-0.3, -0.25) is 0 Å². The Morgan fingerprint density at radius 2 is 1.65 bits per heavy atom. The van der Waals surface area contributed by atoms with Gasteiger partial charge in [-0.2, -0.15) is 0 Å². The molecule has 3 nitrogen and oxygen atoms in total. The number of halogens is 1. The summed E-state index contributed by atoms with van der Waals surface area (Å²) in [5, 5.41) is 12.9. The van der Waals surface area contributed by atoms with Gasteiger partial charge in [0.25, 0.3) is 0 Å². The molecule has 0 atom stereocenters. The second-order valence-corrected chi connectivity index (χ2v) is 5.39. The molecule has 0 bridgehead atoms. The Labute approximate surface area is 120 Å². The molecule has 0 saturated heterocycles. The molecule has 0 aliphatic heterocycles. The number of anilines is 2. The first-order valence-corrected chi connectivity index (χ1v) is 6.95. The van der Waals surface area contributed by atoms with E-state index in [0.29, 0.717) is 5.13 Å². The normalized spacial score (nSPS) is 10.5. The van der Waals surface area contributed by atoms with Gasteiger partial charge in [0.1, 0.15) is 10.8 Å². The van der Waals surface area contributed by atoms with Crippen molar-refractivity contribution >= 4 is 22.2 Å². The molecular weight excluding hydrogens is 273 g/mol. The minimum atomic E-state index is -0.256. The highest BCUT2D eigenvalue weighted by atomic mass is 32.1. The van der Waals surface area contributed by atoms with E-state index >= 15 is 0 Å². The van der Waals surface area contributed by atoms with Crippen molar-refractivity contribution in [2.45, 2.75) is 6.92 Å². The maximum absolute atomic E-state index is 12.8. The molecule has 3 aromatic rings. The number of rotatable bonds is 3. The topological polar surface area (TPSA) is 37.8 Å². The third kappa shape index (κ3) is 2.83. The van der Waals surface area contributed by atoms with Crippen molar-refractivity contribution in [1.29, 1.82) is 0 Å². The molecular formula is C15H12FN3S. The number of hydrogen-bond acceptors (Lipinski definition) is 4. The van der Waals surface area contributed by atoms with Crippen LogP contribution in [0.15, 0.2) is 48.5 Å². The van der Waals surface area contributed by atoms with Crippen LogP contribution in [0.3, 0.4) is 0 Å². The molecule has 0 spiro atoms. The maximum Gasteiger partial charge on any atom is 0.210 e. The van der Waals surface area contributed by atoms with Crippen LogP contribution < -0.4 is 5.32 Å². The fourth-order valence-corrected chi connectivity index (χ4v) is 2.51. The van der Waals surface area contributed by atoms with Crippen molar-refractivity contribution in [3.05, 3.63) is 59.9 Å². The summed E-state index contributed by atoms with van der Waals surface area (Å²) in [5.41, 5.74) is 3.04. The predicted molar refractivity (Wildman–Crippen MR) is 79.8 cm³/mol. The minimum absolute atomic E-state index is 0.256. The molecule has 0 amide bonds. The summed E-state index contributed by atoms with van der Waals surface area (Å²) in [4.78, 5) is 0. The third-order valence-corrected chi connectivity index (χ3v) is 3.71. The molecule has 20 heavy (non-hydrogen) atoms. The van der Waals surface area contributed by atoms with E-state index in [-0.39, 0.29) is 5.82 Å². The minimum Gasteiger partial charge on any atom is -0.330 e. The van der Waals surface area contributed by atoms with Gasteiger partial charge in [0, 0.05) is 11.3 Å². The van der Waals surface area contributed by atoms with E-state index in [4.69, 9.17) is 0 Å². The molecule has 2 aromatic carbocycles. The van der Waals surface area contributed by atoms with E-state index in [1.165, 1.54) is 29.0 Å². The highest BCUT2D eigenvalue weighted by molar-refractivity contribution is 7.18. The molecule has 0 unspecified atom stereocenters. The lowest BCUT2D eigenvalue weighted by Crippen LogP contribution is -1.89. The molecule has 1 heterocycles. The van der Waals surface area contributed by atoms with E-state index in [1.807, 2.05) is 31.2 Å². The lowest BCUT2D eigenvalue weighted by Gasteiger charge is -2.00. The quantitative estimate of drug-likeness (QED) is 0.775. The summed E-state index contributed by atoms with van der Waals surface area (Å²) >= 11 is 1.46. The standard InChI is InChI=1S/C15H12FN3S/c1-10-2-4-11(5-3-10)14-18-19-15(20-14)17-13-8-6-12(16)7-9-13/h2-9H,1H3,(H,17,19). The first-order chi connectivity index (χ1) is 9.70. The van der Waals surface area contributed by atoms with Crippen LogP contribution in [0.25, 0.3) is 10.6 Å². The largest absolute Gasteiger partial charge is 0.330 e. The van der Waals surface area contributed by atoms with Crippen LogP contribution in [0.2, 0.25) is 0 Å². The van der Waals surface area contributed by atoms with Crippen molar-refractivity contribution in [1.82, 2.24) is 10.2 Å². The van der Waals surface area contributed by atoms with Gasteiger partial charge in [-0.1, -0.05) is 41.2 Å². The van der Waals surface area contributed by atoms with Gasteiger partial charge in [-0.15, -0.1) is 10.2 Å². The third-order valence-electron chi connectivity index (χ3n) is 2.82. The lowest BCUT2D eigenvalue weighted by molar-refractivity contribution is 0.628. The zero-order valence-electron chi connectivity index (χ0n) is 10.8. The lowest BCUT2D eigenvalue weighted by atomic mass is 10.2. The zero-order valence-corrected chi connectivity index (χ0v) is 11.6. The van der Waals surface area contributed by atoms with Gasteiger partial charge in [-0.25, -0.2) is 4.39 Å². The smallest absolute Gasteiger partial charge is 0.210 e. The zero-order chi connectivity index (χ0) is 13.9. The predicted octanol–water partition coefficient (Wildman–Crippen LogP) is 4.40. The molecule has 1 N–H and O–H groups in total. The average molecular weight is 285 g/mol. The Morgan fingerprint density at radius 3 is 2.35 bits per heavy atom. The van der Waals surface area contributed by atoms with Gasteiger partial charge in [-0.05, 0) is 31.2 Å². The van der Waals surface area contributed by atoms with E-state index in [9.17, 15) is 4.39 Å². The number of aromatic nitrogens is 2. The number of benzene rings is 2. The summed E-state index contributed by atoms with van der Waals surface area (Å²) in [6.45, 7) is 2.05. The van der Waals surface area contributed by atoms with Crippen LogP contribution >= 0.6 is 11.3 Å². The second-order valence-electron chi connectivity index (χ2n) is 4.41. The number of hydrogen-bond donors (Lipinski definition) is 1. The number of nitrogens with one attached hydrogen (secondary N) is 1. The molecule has 0 saturated carbocycles. The number of aryl methyl sites for hydroxylation is 1. The van der Waals surface area contributed by atoms with Crippen molar-refractivity contribution < 1.29 is 4.39 Å². The Morgan fingerprint density at radius 1 is 0.950 bits per heavy atom. The van der Waals surface area contributed by atoms with Crippen LogP contribution in [0, 0.1) is 12.7 Å². The molecule has 3 rings (SSSR count). The van der Waals surface area contributed by atoms with Gasteiger partial charge < -0.3 is 5.32 Å². The first-order valence-electron chi connectivity index (χ1n) is 6.14. The van der Waals surface area contributed by atoms with Gasteiger partial charge >= 0.3 is 0 Å². The molecule has 0 fully saturated rings. The van der Waals surface area contributed by atoms with E-state index < -0.39 is 0 Å². The van der Waals surface area contributed by atoms with Crippen LogP contribution in [0.4, 0.5) is 15.2 Å². The average Bonchev–Trinajstić information content (AvgIpc) is 2.91. The molecule has 5 heteroatoms. The van der Waals surface area contributed by atoms with Crippen LogP contribution in [-0.2, 0) is 0 Å². The highest BCUT2D eigenvalue weighted by Crippen LogP contribution is 2.28. The molecule has 0 aliphatic rings. The Kier molecular flexibility index (Phi) is 3.43. The summed E-state index contributed by atoms with van der Waals surface area (Å²) < 4.78 is 12.8.